The predicted molar refractivity (Wildman–Crippen MR) is 69.2 cm³/mol. The lowest BCUT2D eigenvalue weighted by Crippen LogP contribution is -2.25. The minimum Gasteiger partial charge on any atom is -0.399 e. The van der Waals surface area contributed by atoms with Gasteiger partial charge < -0.3 is 11.1 Å². The normalized spacial score (nSPS) is 24.9. The van der Waals surface area contributed by atoms with Gasteiger partial charge in [-0.15, -0.1) is 0 Å². The molecule has 1 saturated carbocycles. The first-order valence-electron chi connectivity index (χ1n) is 6.23. The van der Waals surface area contributed by atoms with Crippen molar-refractivity contribution >= 4 is 5.69 Å². The number of hydrogen-bond donors (Lipinski definition) is 2. The maximum atomic E-state index is 5.80. The number of benzene rings is 1. The summed E-state index contributed by atoms with van der Waals surface area (Å²) in [7, 11) is 0. The van der Waals surface area contributed by atoms with Gasteiger partial charge in [0.25, 0.3) is 0 Å². The summed E-state index contributed by atoms with van der Waals surface area (Å²) < 4.78 is 0. The van der Waals surface area contributed by atoms with Gasteiger partial charge >= 0.3 is 0 Å². The molecule has 2 atom stereocenters. The lowest BCUT2D eigenvalue weighted by atomic mass is 10.1. The first-order valence-corrected chi connectivity index (χ1v) is 6.23. The largest absolute Gasteiger partial charge is 0.399 e. The lowest BCUT2D eigenvalue weighted by Gasteiger charge is -2.13. The van der Waals surface area contributed by atoms with E-state index in [-0.39, 0.29) is 0 Å². The molecule has 0 heterocycles. The zero-order valence-electron chi connectivity index (χ0n) is 10.3. The van der Waals surface area contributed by atoms with E-state index in [1.807, 2.05) is 6.07 Å². The van der Waals surface area contributed by atoms with Crippen molar-refractivity contribution in [3.05, 3.63) is 29.3 Å². The van der Waals surface area contributed by atoms with Crippen molar-refractivity contribution in [2.75, 3.05) is 5.73 Å². The van der Waals surface area contributed by atoms with Gasteiger partial charge in [-0.1, -0.05) is 19.1 Å². The highest BCUT2D eigenvalue weighted by Crippen LogP contribution is 2.24. The van der Waals surface area contributed by atoms with Crippen molar-refractivity contribution in [3.63, 3.8) is 0 Å². The van der Waals surface area contributed by atoms with Crippen molar-refractivity contribution in [3.8, 4) is 0 Å². The number of hydrogen-bond acceptors (Lipinski definition) is 2. The van der Waals surface area contributed by atoms with Gasteiger partial charge in [0.15, 0.2) is 0 Å². The summed E-state index contributed by atoms with van der Waals surface area (Å²) in [6, 6.07) is 7.02. The van der Waals surface area contributed by atoms with Gasteiger partial charge in [-0.25, -0.2) is 0 Å². The number of nitrogen functional groups attached to an aromatic ring is 1. The molecular weight excluding hydrogens is 196 g/mol. The molecule has 2 unspecified atom stereocenters. The molecule has 88 valence electrons. The third-order valence-corrected chi connectivity index (χ3v) is 3.62. The third kappa shape index (κ3) is 2.76. The molecule has 1 aliphatic rings. The molecule has 1 aromatic rings. The molecule has 16 heavy (non-hydrogen) atoms. The fourth-order valence-electron chi connectivity index (χ4n) is 2.50. The molecule has 0 amide bonds. The summed E-state index contributed by atoms with van der Waals surface area (Å²) >= 11 is 0. The van der Waals surface area contributed by atoms with Gasteiger partial charge in [0, 0.05) is 18.3 Å². The number of rotatable bonds is 3. The highest BCUT2D eigenvalue weighted by Gasteiger charge is 2.20. The van der Waals surface area contributed by atoms with Crippen LogP contribution in [0.25, 0.3) is 0 Å². The minimum absolute atomic E-state index is 0.716. The molecule has 0 aromatic heterocycles. The maximum absolute atomic E-state index is 5.80. The van der Waals surface area contributed by atoms with E-state index in [9.17, 15) is 0 Å². The number of aryl methyl sites for hydroxylation is 1. The van der Waals surface area contributed by atoms with Crippen molar-refractivity contribution in [2.24, 2.45) is 5.92 Å². The van der Waals surface area contributed by atoms with Crippen molar-refractivity contribution in [1.82, 2.24) is 5.32 Å². The Balaban J connectivity index is 1.87. The maximum Gasteiger partial charge on any atom is 0.0343 e. The highest BCUT2D eigenvalue weighted by atomic mass is 14.9. The number of anilines is 1. The van der Waals surface area contributed by atoms with E-state index in [0.717, 1.165) is 18.2 Å². The van der Waals surface area contributed by atoms with E-state index in [4.69, 9.17) is 5.73 Å². The molecular formula is C14H22N2. The van der Waals surface area contributed by atoms with Crippen molar-refractivity contribution in [2.45, 2.75) is 45.7 Å². The molecule has 2 heteroatoms. The molecule has 3 N–H and O–H groups in total. The second-order valence-electron chi connectivity index (χ2n) is 5.19. The third-order valence-electron chi connectivity index (χ3n) is 3.62. The lowest BCUT2D eigenvalue weighted by molar-refractivity contribution is 0.502. The Labute approximate surface area is 98.2 Å². The second-order valence-corrected chi connectivity index (χ2v) is 5.19. The number of nitrogens with two attached hydrogens (primary N) is 1. The Bertz CT molecular complexity index is 360. The SMILES string of the molecule is Cc1cc(CNC2CCC(C)C2)ccc1N. The summed E-state index contributed by atoms with van der Waals surface area (Å²) in [6.45, 7) is 5.38. The Morgan fingerprint density at radius 1 is 1.38 bits per heavy atom. The minimum atomic E-state index is 0.716. The smallest absolute Gasteiger partial charge is 0.0343 e. The van der Waals surface area contributed by atoms with E-state index in [2.05, 4.69) is 31.3 Å². The van der Waals surface area contributed by atoms with Crippen LogP contribution in [0.1, 0.15) is 37.3 Å². The quantitative estimate of drug-likeness (QED) is 0.766. The summed E-state index contributed by atoms with van der Waals surface area (Å²) in [6.07, 6.45) is 4.03. The van der Waals surface area contributed by atoms with Crippen molar-refractivity contribution < 1.29 is 0 Å². The van der Waals surface area contributed by atoms with Crippen LogP contribution in [0.4, 0.5) is 5.69 Å². The molecule has 0 bridgehead atoms. The molecule has 1 aliphatic carbocycles. The Kier molecular flexibility index (Phi) is 3.49. The molecule has 0 saturated heterocycles. The van der Waals surface area contributed by atoms with Crippen LogP contribution in [0.5, 0.6) is 0 Å². The fraction of sp³-hybridized carbons (Fsp3) is 0.571. The van der Waals surface area contributed by atoms with Gasteiger partial charge in [-0.05, 0) is 49.3 Å². The van der Waals surface area contributed by atoms with Gasteiger partial charge in [0.2, 0.25) is 0 Å². The average Bonchev–Trinajstić information content (AvgIpc) is 2.66. The van der Waals surface area contributed by atoms with Crippen LogP contribution < -0.4 is 11.1 Å². The summed E-state index contributed by atoms with van der Waals surface area (Å²) in [5.41, 5.74) is 9.21. The molecule has 2 nitrogen and oxygen atoms in total. The van der Waals surface area contributed by atoms with E-state index in [1.54, 1.807) is 0 Å². The molecule has 0 radical (unpaired) electrons. The average molecular weight is 218 g/mol. The van der Waals surface area contributed by atoms with Gasteiger partial charge in [-0.2, -0.15) is 0 Å². The van der Waals surface area contributed by atoms with Crippen LogP contribution in [0.3, 0.4) is 0 Å². The van der Waals surface area contributed by atoms with Gasteiger partial charge in [0.05, 0.1) is 0 Å². The Hall–Kier alpha value is -1.02. The Morgan fingerprint density at radius 2 is 2.19 bits per heavy atom. The standard InChI is InChI=1S/C14H22N2/c1-10-3-5-13(7-10)16-9-12-4-6-14(15)11(2)8-12/h4,6,8,10,13,16H,3,5,7,9,15H2,1-2H3. The predicted octanol–water partition coefficient (Wildman–Crippen LogP) is 2.86. The molecule has 2 rings (SSSR count). The zero-order valence-corrected chi connectivity index (χ0v) is 10.3. The monoisotopic (exact) mass is 218 g/mol. The van der Waals surface area contributed by atoms with E-state index in [0.29, 0.717) is 6.04 Å². The van der Waals surface area contributed by atoms with Crippen LogP contribution in [0, 0.1) is 12.8 Å². The van der Waals surface area contributed by atoms with Crippen LogP contribution in [-0.4, -0.2) is 6.04 Å². The summed E-state index contributed by atoms with van der Waals surface area (Å²) in [5, 5.41) is 3.63. The van der Waals surface area contributed by atoms with Gasteiger partial charge in [0.1, 0.15) is 0 Å². The topological polar surface area (TPSA) is 38.0 Å². The Morgan fingerprint density at radius 3 is 2.81 bits per heavy atom. The second kappa shape index (κ2) is 4.88. The molecule has 1 aromatic carbocycles. The van der Waals surface area contributed by atoms with Crippen LogP contribution in [0.15, 0.2) is 18.2 Å². The molecule has 1 fully saturated rings. The molecule has 0 spiro atoms. The fourth-order valence-corrected chi connectivity index (χ4v) is 2.50. The van der Waals surface area contributed by atoms with E-state index in [1.165, 1.54) is 30.4 Å². The first kappa shape index (κ1) is 11.5. The number of nitrogens with one attached hydrogen (secondary N) is 1. The van der Waals surface area contributed by atoms with Crippen LogP contribution in [-0.2, 0) is 6.54 Å². The summed E-state index contributed by atoms with van der Waals surface area (Å²) in [5.74, 6) is 0.894. The van der Waals surface area contributed by atoms with E-state index >= 15 is 0 Å². The molecule has 0 aliphatic heterocycles. The van der Waals surface area contributed by atoms with E-state index < -0.39 is 0 Å². The van der Waals surface area contributed by atoms with Gasteiger partial charge in [-0.3, -0.25) is 0 Å². The van der Waals surface area contributed by atoms with Crippen molar-refractivity contribution in [1.29, 1.82) is 0 Å². The van der Waals surface area contributed by atoms with Crippen LogP contribution in [0.2, 0.25) is 0 Å². The first-order chi connectivity index (χ1) is 7.65. The van der Waals surface area contributed by atoms with Crippen LogP contribution >= 0.6 is 0 Å². The summed E-state index contributed by atoms with van der Waals surface area (Å²) in [4.78, 5) is 0. The highest BCUT2D eigenvalue weighted by molar-refractivity contribution is 5.47. The zero-order chi connectivity index (χ0) is 11.5.